The minimum absolute atomic E-state index is 0.319. The maximum Gasteiger partial charge on any atom is 0.226 e. The van der Waals surface area contributed by atoms with E-state index in [9.17, 15) is 0 Å². The second-order valence-electron chi connectivity index (χ2n) is 4.18. The summed E-state index contributed by atoms with van der Waals surface area (Å²) in [7, 11) is 0. The van der Waals surface area contributed by atoms with Crippen LogP contribution in [0.3, 0.4) is 0 Å². The normalized spacial score (nSPS) is 12.7. The molecule has 0 fully saturated rings. The Bertz CT molecular complexity index is 499. The zero-order valence-electron chi connectivity index (χ0n) is 10.4. The van der Waals surface area contributed by atoms with Crippen LogP contribution in [0.5, 0.6) is 0 Å². The molecule has 17 heavy (non-hydrogen) atoms. The largest absolute Gasteiger partial charge is 0.339 e. The highest BCUT2D eigenvalue weighted by molar-refractivity contribution is 5.38. The van der Waals surface area contributed by atoms with Gasteiger partial charge in [0.2, 0.25) is 5.89 Å². The molecule has 0 aliphatic carbocycles. The number of nitrogens with zero attached hydrogens (tertiary/aromatic N) is 2. The second-order valence-corrected chi connectivity index (χ2v) is 4.18. The van der Waals surface area contributed by atoms with Crippen molar-refractivity contribution in [1.29, 1.82) is 0 Å². The minimum atomic E-state index is -0.319. The number of hydrogen-bond donors (Lipinski definition) is 1. The molecule has 90 valence electrons. The van der Waals surface area contributed by atoms with E-state index in [1.165, 1.54) is 0 Å². The number of aryl methyl sites for hydroxylation is 3. The molecule has 1 aromatic heterocycles. The number of rotatable bonds is 3. The monoisotopic (exact) mass is 231 g/mol. The zero-order valence-corrected chi connectivity index (χ0v) is 10.4. The lowest BCUT2D eigenvalue weighted by molar-refractivity contribution is 0.375. The summed E-state index contributed by atoms with van der Waals surface area (Å²) in [5.74, 6) is 1.18. The van der Waals surface area contributed by atoms with E-state index in [1.807, 2.05) is 39.0 Å². The van der Waals surface area contributed by atoms with Crippen molar-refractivity contribution in [2.75, 3.05) is 0 Å². The van der Waals surface area contributed by atoms with Crippen LogP contribution >= 0.6 is 0 Å². The van der Waals surface area contributed by atoms with Crippen molar-refractivity contribution in [2.24, 2.45) is 5.73 Å². The molecule has 2 rings (SSSR count). The second kappa shape index (κ2) is 4.67. The Kier molecular flexibility index (Phi) is 3.24. The molecule has 1 aromatic carbocycles. The van der Waals surface area contributed by atoms with E-state index in [-0.39, 0.29) is 6.04 Å². The predicted molar refractivity (Wildman–Crippen MR) is 65.6 cm³/mol. The third-order valence-electron chi connectivity index (χ3n) is 2.92. The van der Waals surface area contributed by atoms with E-state index in [4.69, 9.17) is 10.3 Å². The number of aromatic nitrogens is 2. The maximum atomic E-state index is 6.20. The summed E-state index contributed by atoms with van der Waals surface area (Å²) in [5, 5.41) is 3.93. The smallest absolute Gasteiger partial charge is 0.226 e. The minimum Gasteiger partial charge on any atom is -0.339 e. The van der Waals surface area contributed by atoms with Gasteiger partial charge in [-0.1, -0.05) is 30.3 Å². The molecule has 0 spiro atoms. The van der Waals surface area contributed by atoms with Crippen molar-refractivity contribution in [3.63, 3.8) is 0 Å². The van der Waals surface area contributed by atoms with E-state index in [0.717, 1.165) is 23.1 Å². The standard InChI is InChI=1S/C13H17N3O/c1-4-10-15-13(16-17-10)12(14)11-8(2)6-5-7-9(11)3/h5-7,12H,4,14H2,1-3H3. The number of nitrogens with two attached hydrogens (primary N) is 1. The Morgan fingerprint density at radius 2 is 1.94 bits per heavy atom. The summed E-state index contributed by atoms with van der Waals surface area (Å²) in [6.07, 6.45) is 0.729. The molecule has 0 amide bonds. The van der Waals surface area contributed by atoms with Gasteiger partial charge < -0.3 is 10.3 Å². The van der Waals surface area contributed by atoms with Crippen LogP contribution < -0.4 is 5.73 Å². The quantitative estimate of drug-likeness (QED) is 0.880. The van der Waals surface area contributed by atoms with Gasteiger partial charge in [-0.15, -0.1) is 0 Å². The van der Waals surface area contributed by atoms with E-state index < -0.39 is 0 Å². The van der Waals surface area contributed by atoms with Crippen LogP contribution in [0.15, 0.2) is 22.7 Å². The molecule has 0 radical (unpaired) electrons. The van der Waals surface area contributed by atoms with Crippen LogP contribution in [0.4, 0.5) is 0 Å². The highest BCUT2D eigenvalue weighted by Crippen LogP contribution is 2.24. The van der Waals surface area contributed by atoms with Gasteiger partial charge in [0.25, 0.3) is 0 Å². The van der Waals surface area contributed by atoms with Crippen LogP contribution in [-0.2, 0) is 6.42 Å². The third kappa shape index (κ3) is 2.22. The van der Waals surface area contributed by atoms with Gasteiger partial charge in [0, 0.05) is 6.42 Å². The van der Waals surface area contributed by atoms with Gasteiger partial charge >= 0.3 is 0 Å². The Balaban J connectivity index is 2.39. The highest BCUT2D eigenvalue weighted by Gasteiger charge is 2.18. The van der Waals surface area contributed by atoms with Crippen LogP contribution in [0, 0.1) is 13.8 Å². The number of hydrogen-bond acceptors (Lipinski definition) is 4. The molecule has 2 N–H and O–H groups in total. The Labute approximate surface area is 101 Å². The fourth-order valence-corrected chi connectivity index (χ4v) is 1.98. The Morgan fingerprint density at radius 3 is 2.47 bits per heavy atom. The fourth-order valence-electron chi connectivity index (χ4n) is 1.98. The SMILES string of the molecule is CCc1nc(C(N)c2c(C)cccc2C)no1. The van der Waals surface area contributed by atoms with Gasteiger partial charge in [-0.3, -0.25) is 0 Å². The Morgan fingerprint density at radius 1 is 1.29 bits per heavy atom. The van der Waals surface area contributed by atoms with Crippen molar-refractivity contribution in [1.82, 2.24) is 10.1 Å². The van der Waals surface area contributed by atoms with Crippen molar-refractivity contribution in [3.8, 4) is 0 Å². The molecule has 2 aromatic rings. The first-order chi connectivity index (χ1) is 8.13. The summed E-state index contributed by atoms with van der Waals surface area (Å²) in [6.45, 7) is 6.06. The fraction of sp³-hybridized carbons (Fsp3) is 0.385. The molecule has 0 saturated heterocycles. The van der Waals surface area contributed by atoms with Gasteiger partial charge in [-0.05, 0) is 30.5 Å². The van der Waals surface area contributed by atoms with E-state index >= 15 is 0 Å². The van der Waals surface area contributed by atoms with Crippen LogP contribution in [0.1, 0.15) is 41.4 Å². The molecular weight excluding hydrogens is 214 g/mol. The van der Waals surface area contributed by atoms with Gasteiger partial charge in [-0.2, -0.15) is 4.98 Å². The van der Waals surface area contributed by atoms with Gasteiger partial charge in [-0.25, -0.2) is 0 Å². The molecule has 0 bridgehead atoms. The molecule has 4 nitrogen and oxygen atoms in total. The van der Waals surface area contributed by atoms with Gasteiger partial charge in [0.05, 0.1) is 6.04 Å². The lowest BCUT2D eigenvalue weighted by Gasteiger charge is -2.14. The van der Waals surface area contributed by atoms with E-state index in [1.54, 1.807) is 0 Å². The average molecular weight is 231 g/mol. The number of benzene rings is 1. The first-order valence-electron chi connectivity index (χ1n) is 5.77. The molecule has 0 aliphatic rings. The lowest BCUT2D eigenvalue weighted by atomic mass is 9.96. The van der Waals surface area contributed by atoms with Crippen molar-refractivity contribution in [2.45, 2.75) is 33.2 Å². The first-order valence-corrected chi connectivity index (χ1v) is 5.77. The van der Waals surface area contributed by atoms with Crippen LogP contribution in [-0.4, -0.2) is 10.1 Å². The summed E-state index contributed by atoms with van der Waals surface area (Å²) in [4.78, 5) is 4.28. The molecule has 1 unspecified atom stereocenters. The summed E-state index contributed by atoms with van der Waals surface area (Å²) < 4.78 is 5.10. The molecule has 0 saturated carbocycles. The summed E-state index contributed by atoms with van der Waals surface area (Å²) in [6, 6.07) is 5.79. The summed E-state index contributed by atoms with van der Waals surface area (Å²) >= 11 is 0. The van der Waals surface area contributed by atoms with Crippen molar-refractivity contribution < 1.29 is 4.52 Å². The molecule has 1 atom stereocenters. The molecular formula is C13H17N3O. The Hall–Kier alpha value is -1.68. The maximum absolute atomic E-state index is 6.20. The van der Waals surface area contributed by atoms with Crippen LogP contribution in [0.25, 0.3) is 0 Å². The third-order valence-corrected chi connectivity index (χ3v) is 2.92. The molecule has 4 heteroatoms. The highest BCUT2D eigenvalue weighted by atomic mass is 16.5. The van der Waals surface area contributed by atoms with E-state index in [0.29, 0.717) is 11.7 Å². The topological polar surface area (TPSA) is 64.9 Å². The molecule has 1 heterocycles. The zero-order chi connectivity index (χ0) is 12.4. The van der Waals surface area contributed by atoms with Crippen molar-refractivity contribution >= 4 is 0 Å². The molecule has 0 aliphatic heterocycles. The average Bonchev–Trinajstić information content (AvgIpc) is 2.77. The van der Waals surface area contributed by atoms with Gasteiger partial charge in [0.15, 0.2) is 5.82 Å². The lowest BCUT2D eigenvalue weighted by Crippen LogP contribution is -2.16. The summed E-state index contributed by atoms with van der Waals surface area (Å²) in [5.41, 5.74) is 9.59. The first kappa shape index (κ1) is 11.8. The predicted octanol–water partition coefficient (Wildman–Crippen LogP) is 2.30. The van der Waals surface area contributed by atoms with Crippen molar-refractivity contribution in [3.05, 3.63) is 46.6 Å². The van der Waals surface area contributed by atoms with Crippen LogP contribution in [0.2, 0.25) is 0 Å². The van der Waals surface area contributed by atoms with Gasteiger partial charge in [0.1, 0.15) is 0 Å². The van der Waals surface area contributed by atoms with E-state index in [2.05, 4.69) is 10.1 Å².